The number of aryl methyl sites for hydroxylation is 1. The van der Waals surface area contributed by atoms with E-state index in [0.717, 1.165) is 17.1 Å². The molecule has 0 spiro atoms. The first-order valence-corrected chi connectivity index (χ1v) is 6.90. The van der Waals surface area contributed by atoms with Crippen molar-refractivity contribution in [3.63, 3.8) is 0 Å². The van der Waals surface area contributed by atoms with Crippen LogP contribution < -0.4 is 9.47 Å². The fraction of sp³-hybridized carbons (Fsp3) is 0.294. The van der Waals surface area contributed by atoms with Gasteiger partial charge >= 0.3 is 0 Å². The first kappa shape index (κ1) is 15.0. The van der Waals surface area contributed by atoms with Crippen LogP contribution in [0.4, 0.5) is 0 Å². The Balaban J connectivity index is 2.17. The number of carbonyl (C=O) groups is 1. The Morgan fingerprint density at radius 1 is 1.24 bits per heavy atom. The van der Waals surface area contributed by atoms with Crippen molar-refractivity contribution in [3.8, 4) is 11.5 Å². The molecule has 21 heavy (non-hydrogen) atoms. The van der Waals surface area contributed by atoms with Gasteiger partial charge in [0.15, 0.2) is 5.78 Å². The van der Waals surface area contributed by atoms with Gasteiger partial charge in [0.2, 0.25) is 0 Å². The zero-order valence-electron chi connectivity index (χ0n) is 12.6. The van der Waals surface area contributed by atoms with E-state index in [1.165, 1.54) is 0 Å². The van der Waals surface area contributed by atoms with Gasteiger partial charge in [-0.3, -0.25) is 9.78 Å². The molecule has 0 saturated carbocycles. The molecular formula is C17H19NO3. The van der Waals surface area contributed by atoms with E-state index < -0.39 is 0 Å². The topological polar surface area (TPSA) is 48.4 Å². The molecule has 0 atom stereocenters. The van der Waals surface area contributed by atoms with E-state index in [2.05, 4.69) is 4.98 Å². The van der Waals surface area contributed by atoms with Crippen molar-refractivity contribution in [2.75, 3.05) is 7.11 Å². The fourth-order valence-corrected chi connectivity index (χ4v) is 2.06. The lowest BCUT2D eigenvalue weighted by molar-refractivity contribution is 0.0983. The molecule has 0 unspecified atom stereocenters. The fourth-order valence-electron chi connectivity index (χ4n) is 2.06. The number of aromatic nitrogens is 1. The Kier molecular flexibility index (Phi) is 4.93. The third-order valence-corrected chi connectivity index (χ3v) is 3.10. The molecule has 0 fully saturated rings. The predicted octanol–water partition coefficient (Wildman–Crippen LogP) is 3.57. The highest BCUT2D eigenvalue weighted by Gasteiger charge is 2.10. The van der Waals surface area contributed by atoms with Crippen LogP contribution in [0.5, 0.6) is 11.5 Å². The summed E-state index contributed by atoms with van der Waals surface area (Å²) in [5, 5.41) is 0. The van der Waals surface area contributed by atoms with Gasteiger partial charge in [-0.05, 0) is 19.1 Å². The monoisotopic (exact) mass is 285 g/mol. The molecule has 0 bridgehead atoms. The molecule has 2 rings (SSSR count). The van der Waals surface area contributed by atoms with Crippen LogP contribution in [-0.4, -0.2) is 17.9 Å². The van der Waals surface area contributed by atoms with Crippen molar-refractivity contribution < 1.29 is 14.3 Å². The van der Waals surface area contributed by atoms with E-state index in [-0.39, 0.29) is 5.78 Å². The van der Waals surface area contributed by atoms with Gasteiger partial charge in [0.05, 0.1) is 18.4 Å². The standard InChI is InChI=1S/C17H19NO3/c1-4-16(19)15-7-5-6-8-17(15)21-11-13-10-14(20-3)9-12(2)18-13/h5-10H,4,11H2,1-3H3. The number of hydrogen-bond donors (Lipinski definition) is 0. The lowest BCUT2D eigenvalue weighted by atomic mass is 10.1. The smallest absolute Gasteiger partial charge is 0.166 e. The van der Waals surface area contributed by atoms with Crippen molar-refractivity contribution in [2.24, 2.45) is 0 Å². The van der Waals surface area contributed by atoms with Crippen LogP contribution in [0, 0.1) is 6.92 Å². The summed E-state index contributed by atoms with van der Waals surface area (Å²) in [5.41, 5.74) is 2.25. The van der Waals surface area contributed by atoms with Crippen molar-refractivity contribution in [2.45, 2.75) is 26.9 Å². The number of pyridine rings is 1. The van der Waals surface area contributed by atoms with E-state index in [0.29, 0.717) is 24.3 Å². The highest BCUT2D eigenvalue weighted by atomic mass is 16.5. The molecule has 4 nitrogen and oxygen atoms in total. The number of Topliss-reactive ketones (excluding diaryl/α,β-unsaturated/α-hetero) is 1. The summed E-state index contributed by atoms with van der Waals surface area (Å²) in [7, 11) is 1.62. The number of rotatable bonds is 6. The molecule has 4 heteroatoms. The Bertz CT molecular complexity index is 638. The average Bonchev–Trinajstić information content (AvgIpc) is 2.51. The number of carbonyl (C=O) groups excluding carboxylic acids is 1. The molecule has 0 amide bonds. The molecule has 0 radical (unpaired) electrons. The van der Waals surface area contributed by atoms with Crippen LogP contribution in [0.1, 0.15) is 35.1 Å². The second-order valence-electron chi connectivity index (χ2n) is 4.70. The lowest BCUT2D eigenvalue weighted by Crippen LogP contribution is -2.05. The third-order valence-electron chi connectivity index (χ3n) is 3.10. The SMILES string of the molecule is CCC(=O)c1ccccc1OCc1cc(OC)cc(C)n1. The summed E-state index contributed by atoms with van der Waals surface area (Å²) < 4.78 is 11.0. The number of ketones is 1. The van der Waals surface area contributed by atoms with Gasteiger partial charge in [0.1, 0.15) is 18.1 Å². The molecule has 0 saturated heterocycles. The normalized spacial score (nSPS) is 10.2. The number of benzene rings is 1. The first-order chi connectivity index (χ1) is 10.1. The average molecular weight is 285 g/mol. The van der Waals surface area contributed by atoms with Crippen molar-refractivity contribution in [3.05, 3.63) is 53.3 Å². The Labute approximate surface area is 124 Å². The summed E-state index contributed by atoms with van der Waals surface area (Å²) in [5.74, 6) is 1.41. The third kappa shape index (κ3) is 3.81. The van der Waals surface area contributed by atoms with Gasteiger partial charge in [0.25, 0.3) is 0 Å². The summed E-state index contributed by atoms with van der Waals surface area (Å²) in [6, 6.07) is 11.0. The molecule has 1 heterocycles. The number of methoxy groups -OCH3 is 1. The van der Waals surface area contributed by atoms with Crippen LogP contribution in [-0.2, 0) is 6.61 Å². The van der Waals surface area contributed by atoms with Crippen LogP contribution in [0.3, 0.4) is 0 Å². The summed E-state index contributed by atoms with van der Waals surface area (Å²) in [6.07, 6.45) is 0.455. The minimum absolute atomic E-state index is 0.0698. The molecule has 1 aromatic heterocycles. The lowest BCUT2D eigenvalue weighted by Gasteiger charge is -2.11. The molecule has 0 aliphatic carbocycles. The number of para-hydroxylation sites is 1. The van der Waals surface area contributed by atoms with Gasteiger partial charge in [-0.1, -0.05) is 19.1 Å². The number of nitrogens with zero attached hydrogens (tertiary/aromatic N) is 1. The summed E-state index contributed by atoms with van der Waals surface area (Å²) in [6.45, 7) is 4.04. The van der Waals surface area contributed by atoms with Crippen molar-refractivity contribution >= 4 is 5.78 Å². The quantitative estimate of drug-likeness (QED) is 0.761. The second-order valence-corrected chi connectivity index (χ2v) is 4.70. The second kappa shape index (κ2) is 6.88. The predicted molar refractivity (Wildman–Crippen MR) is 80.9 cm³/mol. The largest absolute Gasteiger partial charge is 0.497 e. The number of ether oxygens (including phenoxy) is 2. The zero-order chi connectivity index (χ0) is 15.2. The maximum absolute atomic E-state index is 11.9. The number of hydrogen-bond acceptors (Lipinski definition) is 4. The van der Waals surface area contributed by atoms with Gasteiger partial charge < -0.3 is 9.47 Å². The molecule has 2 aromatic rings. The van der Waals surface area contributed by atoms with Crippen molar-refractivity contribution in [1.29, 1.82) is 0 Å². The Hall–Kier alpha value is -2.36. The summed E-state index contributed by atoms with van der Waals surface area (Å²) in [4.78, 5) is 16.3. The van der Waals surface area contributed by atoms with Gasteiger partial charge in [-0.15, -0.1) is 0 Å². The van der Waals surface area contributed by atoms with E-state index in [1.54, 1.807) is 19.2 Å². The minimum Gasteiger partial charge on any atom is -0.497 e. The van der Waals surface area contributed by atoms with Gasteiger partial charge in [-0.25, -0.2) is 0 Å². The van der Waals surface area contributed by atoms with Crippen LogP contribution in [0.2, 0.25) is 0 Å². The maximum Gasteiger partial charge on any atom is 0.166 e. The first-order valence-electron chi connectivity index (χ1n) is 6.90. The van der Waals surface area contributed by atoms with E-state index in [1.807, 2.05) is 38.1 Å². The minimum atomic E-state index is 0.0698. The highest BCUT2D eigenvalue weighted by molar-refractivity contribution is 5.98. The van der Waals surface area contributed by atoms with Gasteiger partial charge in [0, 0.05) is 24.2 Å². The molecule has 0 N–H and O–H groups in total. The van der Waals surface area contributed by atoms with Gasteiger partial charge in [-0.2, -0.15) is 0 Å². The molecular weight excluding hydrogens is 266 g/mol. The zero-order valence-corrected chi connectivity index (χ0v) is 12.6. The Morgan fingerprint density at radius 3 is 2.71 bits per heavy atom. The van der Waals surface area contributed by atoms with E-state index in [9.17, 15) is 4.79 Å². The van der Waals surface area contributed by atoms with Crippen LogP contribution in [0.25, 0.3) is 0 Å². The van der Waals surface area contributed by atoms with Crippen LogP contribution >= 0.6 is 0 Å². The molecule has 110 valence electrons. The molecule has 1 aromatic carbocycles. The van der Waals surface area contributed by atoms with Crippen molar-refractivity contribution in [1.82, 2.24) is 4.98 Å². The highest BCUT2D eigenvalue weighted by Crippen LogP contribution is 2.21. The van der Waals surface area contributed by atoms with Crippen LogP contribution in [0.15, 0.2) is 36.4 Å². The van der Waals surface area contributed by atoms with E-state index in [4.69, 9.17) is 9.47 Å². The molecule has 0 aliphatic rings. The molecule has 0 aliphatic heterocycles. The Morgan fingerprint density at radius 2 is 2.00 bits per heavy atom. The summed E-state index contributed by atoms with van der Waals surface area (Å²) >= 11 is 0. The maximum atomic E-state index is 11.9. The van der Waals surface area contributed by atoms with E-state index >= 15 is 0 Å².